The largest absolute Gasteiger partial charge is 0.481 e. The molecule has 0 aliphatic rings. The highest BCUT2D eigenvalue weighted by molar-refractivity contribution is 5.70. The van der Waals surface area contributed by atoms with E-state index in [1.54, 1.807) is 0 Å². The van der Waals surface area contributed by atoms with Gasteiger partial charge in [0.15, 0.2) is 0 Å². The van der Waals surface area contributed by atoms with E-state index in [1.807, 2.05) is 0 Å². The van der Waals surface area contributed by atoms with Crippen molar-refractivity contribution in [1.29, 1.82) is 0 Å². The first-order valence-corrected chi connectivity index (χ1v) is 5.59. The SMILES string of the molecule is CC(C)C(c1ccc(CC(=O)O)cc1)C(F)(F)F. The molecule has 0 amide bonds. The number of carbonyl (C=O) groups is 1. The van der Waals surface area contributed by atoms with Crippen molar-refractivity contribution in [2.24, 2.45) is 5.92 Å². The van der Waals surface area contributed by atoms with E-state index in [1.165, 1.54) is 38.1 Å². The van der Waals surface area contributed by atoms with Gasteiger partial charge in [-0.2, -0.15) is 13.2 Å². The molecular formula is C13H15F3O2. The summed E-state index contributed by atoms with van der Waals surface area (Å²) in [7, 11) is 0. The Morgan fingerprint density at radius 1 is 1.22 bits per heavy atom. The Bertz CT molecular complexity index is 407. The maximum atomic E-state index is 12.9. The molecule has 0 heterocycles. The smallest absolute Gasteiger partial charge is 0.395 e. The average Bonchev–Trinajstić information content (AvgIpc) is 2.17. The van der Waals surface area contributed by atoms with Gasteiger partial charge in [0.1, 0.15) is 0 Å². The molecule has 2 nitrogen and oxygen atoms in total. The third-order valence-corrected chi connectivity index (χ3v) is 2.71. The maximum absolute atomic E-state index is 12.9. The number of halogens is 3. The molecule has 100 valence electrons. The Kier molecular flexibility index (Phi) is 4.38. The van der Waals surface area contributed by atoms with Crippen LogP contribution in [0.2, 0.25) is 0 Å². The van der Waals surface area contributed by atoms with Crippen molar-refractivity contribution in [3.05, 3.63) is 35.4 Å². The van der Waals surface area contributed by atoms with Gasteiger partial charge in [0.2, 0.25) is 0 Å². The third-order valence-electron chi connectivity index (χ3n) is 2.71. The van der Waals surface area contributed by atoms with E-state index in [2.05, 4.69) is 0 Å². The second-order valence-electron chi connectivity index (χ2n) is 4.58. The van der Waals surface area contributed by atoms with Gasteiger partial charge in [-0.15, -0.1) is 0 Å². The molecule has 0 aromatic heterocycles. The summed E-state index contributed by atoms with van der Waals surface area (Å²) in [5.74, 6) is -3.08. The highest BCUT2D eigenvalue weighted by atomic mass is 19.4. The standard InChI is InChI=1S/C13H15F3O2/c1-8(2)12(13(14,15)16)10-5-3-9(4-6-10)7-11(17)18/h3-6,8,12H,7H2,1-2H3,(H,17,18). The molecule has 1 rings (SSSR count). The number of carboxylic acids is 1. The number of carboxylic acid groups (broad SMARTS) is 1. The Morgan fingerprint density at radius 3 is 2.06 bits per heavy atom. The monoisotopic (exact) mass is 260 g/mol. The molecule has 0 fully saturated rings. The summed E-state index contributed by atoms with van der Waals surface area (Å²) in [4.78, 5) is 10.5. The molecule has 0 aliphatic carbocycles. The van der Waals surface area contributed by atoms with Crippen LogP contribution < -0.4 is 0 Å². The highest BCUT2D eigenvalue weighted by Crippen LogP contribution is 2.40. The van der Waals surface area contributed by atoms with Crippen LogP contribution in [0.1, 0.15) is 30.9 Å². The minimum atomic E-state index is -4.29. The lowest BCUT2D eigenvalue weighted by molar-refractivity contribution is -0.159. The number of aliphatic carboxylic acids is 1. The van der Waals surface area contributed by atoms with E-state index in [0.29, 0.717) is 5.56 Å². The minimum Gasteiger partial charge on any atom is -0.481 e. The highest BCUT2D eigenvalue weighted by Gasteiger charge is 2.42. The fourth-order valence-corrected chi connectivity index (χ4v) is 1.97. The number of hydrogen-bond acceptors (Lipinski definition) is 1. The van der Waals surface area contributed by atoms with E-state index in [4.69, 9.17) is 5.11 Å². The first-order valence-electron chi connectivity index (χ1n) is 5.59. The first kappa shape index (κ1) is 14.5. The van der Waals surface area contributed by atoms with Crippen molar-refractivity contribution in [1.82, 2.24) is 0 Å². The summed E-state index contributed by atoms with van der Waals surface area (Å²) in [5.41, 5.74) is 0.669. The molecular weight excluding hydrogens is 245 g/mol. The fourth-order valence-electron chi connectivity index (χ4n) is 1.97. The zero-order valence-corrected chi connectivity index (χ0v) is 10.2. The predicted molar refractivity (Wildman–Crippen MR) is 61.4 cm³/mol. The van der Waals surface area contributed by atoms with Crippen molar-refractivity contribution >= 4 is 5.97 Å². The lowest BCUT2D eigenvalue weighted by atomic mass is 9.87. The Hall–Kier alpha value is -1.52. The molecule has 0 saturated heterocycles. The van der Waals surface area contributed by atoms with Crippen LogP contribution >= 0.6 is 0 Å². The summed E-state index contributed by atoms with van der Waals surface area (Å²) in [6.45, 7) is 3.03. The quantitative estimate of drug-likeness (QED) is 0.897. The zero-order valence-electron chi connectivity index (χ0n) is 10.2. The van der Waals surface area contributed by atoms with Gasteiger partial charge in [-0.25, -0.2) is 0 Å². The Morgan fingerprint density at radius 2 is 1.72 bits per heavy atom. The second kappa shape index (κ2) is 5.42. The number of hydrogen-bond donors (Lipinski definition) is 1. The first-order chi connectivity index (χ1) is 8.21. The molecule has 5 heteroatoms. The van der Waals surface area contributed by atoms with Crippen LogP contribution in [0.5, 0.6) is 0 Å². The van der Waals surface area contributed by atoms with Crippen LogP contribution in [0.15, 0.2) is 24.3 Å². The van der Waals surface area contributed by atoms with E-state index in [-0.39, 0.29) is 12.0 Å². The molecule has 0 spiro atoms. The Labute approximate surface area is 103 Å². The second-order valence-corrected chi connectivity index (χ2v) is 4.58. The fraction of sp³-hybridized carbons (Fsp3) is 0.462. The summed E-state index contributed by atoms with van der Waals surface area (Å²) in [6.07, 6.45) is -4.47. The number of benzene rings is 1. The predicted octanol–water partition coefficient (Wildman–Crippen LogP) is 3.62. The van der Waals surface area contributed by atoms with Crippen LogP contribution in [0, 0.1) is 5.92 Å². The maximum Gasteiger partial charge on any atom is 0.395 e. The van der Waals surface area contributed by atoms with Crippen molar-refractivity contribution in [3.8, 4) is 0 Å². The van der Waals surface area contributed by atoms with E-state index in [0.717, 1.165) is 0 Å². The Balaban J connectivity index is 2.98. The molecule has 1 aromatic carbocycles. The summed E-state index contributed by atoms with van der Waals surface area (Å²) in [5, 5.41) is 8.58. The van der Waals surface area contributed by atoms with Gasteiger partial charge >= 0.3 is 12.1 Å². The minimum absolute atomic E-state index is 0.173. The molecule has 1 aromatic rings. The molecule has 1 N–H and O–H groups in total. The molecule has 0 aliphatic heterocycles. The van der Waals surface area contributed by atoms with Gasteiger partial charge in [-0.1, -0.05) is 38.1 Å². The average molecular weight is 260 g/mol. The van der Waals surface area contributed by atoms with Gasteiger partial charge in [0.05, 0.1) is 12.3 Å². The van der Waals surface area contributed by atoms with Gasteiger partial charge < -0.3 is 5.11 Å². The van der Waals surface area contributed by atoms with Crippen molar-refractivity contribution in [2.75, 3.05) is 0 Å². The lowest BCUT2D eigenvalue weighted by Crippen LogP contribution is -2.25. The number of rotatable bonds is 4. The molecule has 1 unspecified atom stereocenters. The topological polar surface area (TPSA) is 37.3 Å². The summed E-state index contributed by atoms with van der Waals surface area (Å²) >= 11 is 0. The van der Waals surface area contributed by atoms with Crippen molar-refractivity contribution in [2.45, 2.75) is 32.4 Å². The van der Waals surface area contributed by atoms with Crippen LogP contribution in [0.25, 0.3) is 0 Å². The normalized spacial score (nSPS) is 13.7. The van der Waals surface area contributed by atoms with Crippen molar-refractivity contribution in [3.63, 3.8) is 0 Å². The third kappa shape index (κ3) is 3.75. The zero-order chi connectivity index (χ0) is 13.9. The van der Waals surface area contributed by atoms with Crippen LogP contribution in [0.3, 0.4) is 0 Å². The summed E-state index contributed by atoms with van der Waals surface area (Å²) < 4.78 is 38.6. The lowest BCUT2D eigenvalue weighted by Gasteiger charge is -2.24. The molecule has 0 bridgehead atoms. The van der Waals surface area contributed by atoms with Gasteiger partial charge in [0, 0.05) is 0 Å². The van der Waals surface area contributed by atoms with E-state index < -0.39 is 24.0 Å². The van der Waals surface area contributed by atoms with E-state index in [9.17, 15) is 18.0 Å². The summed E-state index contributed by atoms with van der Waals surface area (Å²) in [6, 6.07) is 5.59. The van der Waals surface area contributed by atoms with Gasteiger partial charge in [-0.05, 0) is 17.0 Å². The molecule has 1 atom stereocenters. The van der Waals surface area contributed by atoms with E-state index >= 15 is 0 Å². The van der Waals surface area contributed by atoms with Crippen LogP contribution in [0.4, 0.5) is 13.2 Å². The molecule has 0 radical (unpaired) electrons. The number of alkyl halides is 3. The van der Waals surface area contributed by atoms with Crippen LogP contribution in [-0.2, 0) is 11.2 Å². The molecule has 18 heavy (non-hydrogen) atoms. The van der Waals surface area contributed by atoms with Crippen LogP contribution in [-0.4, -0.2) is 17.3 Å². The molecule has 0 saturated carbocycles. The van der Waals surface area contributed by atoms with Gasteiger partial charge in [-0.3, -0.25) is 4.79 Å². The van der Waals surface area contributed by atoms with Crippen molar-refractivity contribution < 1.29 is 23.1 Å². The van der Waals surface area contributed by atoms with Gasteiger partial charge in [0.25, 0.3) is 0 Å².